The highest BCUT2D eigenvalue weighted by molar-refractivity contribution is 6.14. The average molecular weight is 485 g/mol. The highest BCUT2D eigenvalue weighted by Crippen LogP contribution is 2.40. The Kier molecular flexibility index (Phi) is 8.80. The van der Waals surface area contributed by atoms with Gasteiger partial charge in [-0.2, -0.15) is 0 Å². The van der Waals surface area contributed by atoms with Crippen molar-refractivity contribution in [1.29, 1.82) is 0 Å². The average Bonchev–Trinajstić information content (AvgIpc) is 3.26. The normalized spacial score (nSPS) is 11.2. The van der Waals surface area contributed by atoms with Gasteiger partial charge in [0.1, 0.15) is 11.4 Å². The molecule has 0 aliphatic carbocycles. The minimum absolute atomic E-state index is 0.0559. The number of methoxy groups -OCH3 is 1. The van der Waals surface area contributed by atoms with Gasteiger partial charge in [-0.1, -0.05) is 50.2 Å². The van der Waals surface area contributed by atoms with Crippen molar-refractivity contribution in [1.82, 2.24) is 9.30 Å². The van der Waals surface area contributed by atoms with Gasteiger partial charge in [0.15, 0.2) is 5.75 Å². The predicted molar refractivity (Wildman–Crippen MR) is 146 cm³/mol. The first-order chi connectivity index (χ1) is 17.7. The minimum atomic E-state index is -0.0559. The SMILES string of the molecule is CCCN(CCC)CCCOc1ccc(C(=O)c2c(-c3ccccc3)c(OC)c3ccccn23)cc1. The van der Waals surface area contributed by atoms with Crippen LogP contribution in [0.25, 0.3) is 16.6 Å². The maximum absolute atomic E-state index is 13.8. The fraction of sp³-hybridized carbons (Fsp3) is 0.323. The van der Waals surface area contributed by atoms with Crippen LogP contribution in [0.4, 0.5) is 0 Å². The summed E-state index contributed by atoms with van der Waals surface area (Å²) in [7, 11) is 1.65. The van der Waals surface area contributed by atoms with E-state index in [1.54, 1.807) is 7.11 Å². The van der Waals surface area contributed by atoms with E-state index in [-0.39, 0.29) is 5.78 Å². The number of aromatic nitrogens is 1. The number of rotatable bonds is 13. The Morgan fingerprint density at radius 2 is 1.56 bits per heavy atom. The molecule has 4 rings (SSSR count). The molecule has 0 aliphatic heterocycles. The quantitative estimate of drug-likeness (QED) is 0.156. The van der Waals surface area contributed by atoms with Crippen molar-refractivity contribution in [2.24, 2.45) is 0 Å². The molecule has 0 fully saturated rings. The van der Waals surface area contributed by atoms with Crippen LogP contribution in [0.3, 0.4) is 0 Å². The van der Waals surface area contributed by atoms with E-state index in [0.29, 0.717) is 23.6 Å². The summed E-state index contributed by atoms with van der Waals surface area (Å²) < 4.78 is 13.7. The first-order valence-corrected chi connectivity index (χ1v) is 12.9. The molecular weight excluding hydrogens is 448 g/mol. The highest BCUT2D eigenvalue weighted by atomic mass is 16.5. The summed E-state index contributed by atoms with van der Waals surface area (Å²) >= 11 is 0. The van der Waals surface area contributed by atoms with Gasteiger partial charge in [0.05, 0.1) is 24.8 Å². The number of fused-ring (bicyclic) bond motifs is 1. The van der Waals surface area contributed by atoms with E-state index in [0.717, 1.165) is 48.4 Å². The molecule has 36 heavy (non-hydrogen) atoms. The summed E-state index contributed by atoms with van der Waals surface area (Å²) in [5.74, 6) is 1.43. The van der Waals surface area contributed by atoms with Gasteiger partial charge in [-0.3, -0.25) is 4.79 Å². The summed E-state index contributed by atoms with van der Waals surface area (Å²) in [5, 5.41) is 0. The van der Waals surface area contributed by atoms with E-state index >= 15 is 0 Å². The predicted octanol–water partition coefficient (Wildman–Crippen LogP) is 6.74. The van der Waals surface area contributed by atoms with E-state index < -0.39 is 0 Å². The Balaban J connectivity index is 1.54. The smallest absolute Gasteiger partial charge is 0.210 e. The standard InChI is InChI=1S/C31H36N2O3/c1-4-19-32(20-5-2)21-11-23-36-26-17-15-25(16-18-26)30(34)29-28(24-12-7-6-8-13-24)31(35-3)27-14-9-10-22-33(27)29/h6-10,12-18,22H,4-5,11,19-21,23H2,1-3H3. The molecule has 5 heteroatoms. The van der Waals surface area contributed by atoms with E-state index in [1.165, 1.54) is 12.8 Å². The topological polar surface area (TPSA) is 43.2 Å². The second-order valence-electron chi connectivity index (χ2n) is 8.98. The van der Waals surface area contributed by atoms with Gasteiger partial charge in [0.2, 0.25) is 5.78 Å². The van der Waals surface area contributed by atoms with Crippen LogP contribution in [0.15, 0.2) is 79.0 Å². The second-order valence-corrected chi connectivity index (χ2v) is 8.98. The van der Waals surface area contributed by atoms with Gasteiger partial charge in [-0.05, 0) is 74.3 Å². The summed E-state index contributed by atoms with van der Waals surface area (Å²) in [6.45, 7) is 8.42. The van der Waals surface area contributed by atoms with Gasteiger partial charge in [-0.25, -0.2) is 0 Å². The molecule has 188 valence electrons. The zero-order chi connectivity index (χ0) is 25.3. The van der Waals surface area contributed by atoms with Crippen molar-refractivity contribution in [3.05, 3.63) is 90.3 Å². The molecule has 0 N–H and O–H groups in total. The highest BCUT2D eigenvalue weighted by Gasteiger charge is 2.26. The Morgan fingerprint density at radius 3 is 2.22 bits per heavy atom. The number of benzene rings is 2. The lowest BCUT2D eigenvalue weighted by Crippen LogP contribution is -2.27. The molecule has 0 amide bonds. The number of carbonyl (C=O) groups excluding carboxylic acids is 1. The Bertz CT molecular complexity index is 1260. The number of carbonyl (C=O) groups is 1. The molecule has 2 aromatic heterocycles. The number of nitrogens with zero attached hydrogens (tertiary/aromatic N) is 2. The Labute approximate surface area is 214 Å². The number of ketones is 1. The zero-order valence-corrected chi connectivity index (χ0v) is 21.6. The third-order valence-electron chi connectivity index (χ3n) is 6.36. The molecule has 0 unspecified atom stereocenters. The lowest BCUT2D eigenvalue weighted by molar-refractivity contribution is 0.103. The third kappa shape index (κ3) is 5.63. The number of hydrogen-bond acceptors (Lipinski definition) is 4. The van der Waals surface area contributed by atoms with Gasteiger partial charge in [-0.15, -0.1) is 0 Å². The van der Waals surface area contributed by atoms with Crippen LogP contribution in [-0.2, 0) is 0 Å². The van der Waals surface area contributed by atoms with E-state index in [2.05, 4.69) is 18.7 Å². The molecule has 0 radical (unpaired) electrons. The second kappa shape index (κ2) is 12.4. The summed E-state index contributed by atoms with van der Waals surface area (Å²) in [6.07, 6.45) is 5.24. The van der Waals surface area contributed by atoms with Gasteiger partial charge in [0, 0.05) is 18.3 Å². The lowest BCUT2D eigenvalue weighted by atomic mass is 9.99. The number of ether oxygens (including phenoxy) is 2. The lowest BCUT2D eigenvalue weighted by Gasteiger charge is -2.20. The van der Waals surface area contributed by atoms with E-state index in [1.807, 2.05) is 83.4 Å². The first-order valence-electron chi connectivity index (χ1n) is 12.9. The molecule has 0 bridgehead atoms. The van der Waals surface area contributed by atoms with Crippen LogP contribution in [0, 0.1) is 0 Å². The van der Waals surface area contributed by atoms with Crippen LogP contribution in [0.2, 0.25) is 0 Å². The van der Waals surface area contributed by atoms with Crippen molar-refractivity contribution in [3.63, 3.8) is 0 Å². The fourth-order valence-corrected chi connectivity index (χ4v) is 4.77. The maximum atomic E-state index is 13.8. The molecule has 0 atom stereocenters. The monoisotopic (exact) mass is 484 g/mol. The van der Waals surface area contributed by atoms with Crippen LogP contribution >= 0.6 is 0 Å². The Hall–Kier alpha value is -3.57. The largest absolute Gasteiger partial charge is 0.494 e. The van der Waals surface area contributed by atoms with E-state index in [4.69, 9.17) is 9.47 Å². The van der Waals surface area contributed by atoms with Crippen LogP contribution < -0.4 is 9.47 Å². The Morgan fingerprint density at radius 1 is 0.861 bits per heavy atom. The molecule has 2 aromatic carbocycles. The van der Waals surface area contributed by atoms with Crippen molar-refractivity contribution >= 4 is 11.3 Å². The molecule has 0 aliphatic rings. The van der Waals surface area contributed by atoms with Crippen LogP contribution in [0.5, 0.6) is 11.5 Å². The van der Waals surface area contributed by atoms with Gasteiger partial charge >= 0.3 is 0 Å². The molecule has 2 heterocycles. The van der Waals surface area contributed by atoms with Gasteiger partial charge < -0.3 is 18.8 Å². The summed E-state index contributed by atoms with van der Waals surface area (Å²) in [5.41, 5.74) is 3.82. The van der Waals surface area contributed by atoms with Crippen molar-refractivity contribution in [2.75, 3.05) is 33.4 Å². The minimum Gasteiger partial charge on any atom is -0.494 e. The number of hydrogen-bond donors (Lipinski definition) is 0. The molecular formula is C31H36N2O3. The van der Waals surface area contributed by atoms with Crippen LogP contribution in [-0.4, -0.2) is 48.4 Å². The molecule has 0 spiro atoms. The zero-order valence-electron chi connectivity index (χ0n) is 21.6. The van der Waals surface area contributed by atoms with Crippen molar-refractivity contribution in [2.45, 2.75) is 33.1 Å². The summed E-state index contributed by atoms with van der Waals surface area (Å²) in [6, 6.07) is 23.3. The maximum Gasteiger partial charge on any atom is 0.210 e. The molecule has 0 saturated carbocycles. The first kappa shape index (κ1) is 25.5. The molecule has 0 saturated heterocycles. The number of pyridine rings is 1. The van der Waals surface area contributed by atoms with Crippen molar-refractivity contribution < 1.29 is 14.3 Å². The summed E-state index contributed by atoms with van der Waals surface area (Å²) in [4.78, 5) is 16.3. The van der Waals surface area contributed by atoms with Crippen LogP contribution in [0.1, 0.15) is 49.2 Å². The van der Waals surface area contributed by atoms with Gasteiger partial charge in [0.25, 0.3) is 0 Å². The van der Waals surface area contributed by atoms with E-state index in [9.17, 15) is 4.79 Å². The molecule has 4 aromatic rings. The van der Waals surface area contributed by atoms with Crippen molar-refractivity contribution in [3.8, 4) is 22.6 Å². The fourth-order valence-electron chi connectivity index (χ4n) is 4.77. The molecule has 5 nitrogen and oxygen atoms in total. The third-order valence-corrected chi connectivity index (χ3v) is 6.36.